The van der Waals surface area contributed by atoms with Crippen molar-refractivity contribution < 1.29 is 4.79 Å². The van der Waals surface area contributed by atoms with E-state index in [1.54, 1.807) is 12.3 Å². The lowest BCUT2D eigenvalue weighted by Crippen LogP contribution is -1.91. The molecule has 2 nitrogen and oxygen atoms in total. The molecule has 1 aromatic heterocycles. The van der Waals surface area contributed by atoms with Gasteiger partial charge in [0.15, 0.2) is 0 Å². The van der Waals surface area contributed by atoms with Crippen LogP contribution in [0.2, 0.25) is 0 Å². The first-order chi connectivity index (χ1) is 6.29. The maximum Gasteiger partial charge on any atom is 0.253 e. The highest BCUT2D eigenvalue weighted by Crippen LogP contribution is 2.17. The molecule has 0 bridgehead atoms. The Hall–Kier alpha value is -1.41. The van der Waals surface area contributed by atoms with Crippen LogP contribution in [0.4, 0.5) is 0 Å². The number of aromatic nitrogens is 1. The van der Waals surface area contributed by atoms with E-state index in [-0.39, 0.29) is 0 Å². The Balaban J connectivity index is 2.83. The van der Waals surface area contributed by atoms with E-state index >= 15 is 0 Å². The summed E-state index contributed by atoms with van der Waals surface area (Å²) in [6, 6.07) is 9.03. The Kier molecular flexibility index (Phi) is 1.99. The second-order valence-corrected chi connectivity index (χ2v) is 2.99. The lowest BCUT2D eigenvalue weighted by Gasteiger charge is -1.99. The molecule has 0 N–H and O–H groups in total. The molecule has 0 saturated heterocycles. The minimum absolute atomic E-state index is 0.446. The summed E-state index contributed by atoms with van der Waals surface area (Å²) >= 11 is 5.42. The SMILES string of the molecule is O=C(Cl)c1ccnc2ccccc12. The van der Waals surface area contributed by atoms with Gasteiger partial charge in [0.25, 0.3) is 5.24 Å². The number of carbonyl (C=O) groups excluding carboxylic acids is 1. The molecule has 64 valence electrons. The number of halogens is 1. The molecule has 0 aliphatic heterocycles. The highest BCUT2D eigenvalue weighted by atomic mass is 35.5. The largest absolute Gasteiger partial charge is 0.276 e. The van der Waals surface area contributed by atoms with E-state index < -0.39 is 5.24 Å². The lowest BCUT2D eigenvalue weighted by molar-refractivity contribution is 0.108. The van der Waals surface area contributed by atoms with Gasteiger partial charge in [-0.25, -0.2) is 0 Å². The minimum Gasteiger partial charge on any atom is -0.276 e. The van der Waals surface area contributed by atoms with Crippen LogP contribution in [-0.4, -0.2) is 10.2 Å². The van der Waals surface area contributed by atoms with Gasteiger partial charge in [0, 0.05) is 17.1 Å². The number of rotatable bonds is 1. The van der Waals surface area contributed by atoms with E-state index in [9.17, 15) is 4.79 Å². The zero-order chi connectivity index (χ0) is 9.26. The number of fused-ring (bicyclic) bond motifs is 1. The number of benzene rings is 1. The van der Waals surface area contributed by atoms with E-state index in [0.717, 1.165) is 10.9 Å². The van der Waals surface area contributed by atoms with Gasteiger partial charge in [0.1, 0.15) is 0 Å². The molecule has 0 unspecified atom stereocenters. The van der Waals surface area contributed by atoms with Gasteiger partial charge in [-0.05, 0) is 23.7 Å². The van der Waals surface area contributed by atoms with E-state index in [1.807, 2.05) is 24.3 Å². The van der Waals surface area contributed by atoms with E-state index in [0.29, 0.717) is 5.56 Å². The van der Waals surface area contributed by atoms with Crippen LogP contribution in [0.5, 0.6) is 0 Å². The van der Waals surface area contributed by atoms with Crippen LogP contribution >= 0.6 is 11.6 Å². The molecule has 0 radical (unpaired) electrons. The summed E-state index contributed by atoms with van der Waals surface area (Å²) in [6.45, 7) is 0. The van der Waals surface area contributed by atoms with Crippen LogP contribution in [0.1, 0.15) is 10.4 Å². The van der Waals surface area contributed by atoms with Gasteiger partial charge in [0.05, 0.1) is 5.52 Å². The number of carbonyl (C=O) groups is 1. The summed E-state index contributed by atoms with van der Waals surface area (Å²) in [6.07, 6.45) is 1.58. The molecular formula is C10H6ClNO. The Bertz CT molecular complexity index is 462. The standard InChI is InChI=1S/C10H6ClNO/c11-10(13)8-5-6-12-9-4-2-1-3-7(8)9/h1-6H. The highest BCUT2D eigenvalue weighted by Gasteiger charge is 2.06. The quantitative estimate of drug-likeness (QED) is 0.649. The highest BCUT2D eigenvalue weighted by molar-refractivity contribution is 6.68. The van der Waals surface area contributed by atoms with Crippen molar-refractivity contribution in [1.82, 2.24) is 4.98 Å². The van der Waals surface area contributed by atoms with Gasteiger partial charge < -0.3 is 0 Å². The fraction of sp³-hybridized carbons (Fsp3) is 0. The molecule has 13 heavy (non-hydrogen) atoms. The van der Waals surface area contributed by atoms with Crippen molar-refractivity contribution in [3.8, 4) is 0 Å². The molecule has 3 heteroatoms. The second kappa shape index (κ2) is 3.15. The summed E-state index contributed by atoms with van der Waals surface area (Å²) < 4.78 is 0. The van der Waals surface area contributed by atoms with Crippen LogP contribution in [0, 0.1) is 0 Å². The molecule has 0 atom stereocenters. The first kappa shape index (κ1) is 8.20. The monoisotopic (exact) mass is 191 g/mol. The molecule has 0 aliphatic rings. The second-order valence-electron chi connectivity index (χ2n) is 2.65. The van der Waals surface area contributed by atoms with Crippen molar-refractivity contribution in [3.63, 3.8) is 0 Å². The molecule has 0 amide bonds. The maximum absolute atomic E-state index is 11.0. The van der Waals surface area contributed by atoms with Crippen molar-refractivity contribution >= 4 is 27.7 Å². The van der Waals surface area contributed by atoms with Gasteiger partial charge in [-0.1, -0.05) is 18.2 Å². The van der Waals surface area contributed by atoms with Crippen molar-refractivity contribution in [3.05, 3.63) is 42.1 Å². The van der Waals surface area contributed by atoms with Crippen LogP contribution in [0.15, 0.2) is 36.5 Å². The molecule has 0 aliphatic carbocycles. The van der Waals surface area contributed by atoms with Crippen LogP contribution in [0.3, 0.4) is 0 Å². The summed E-state index contributed by atoms with van der Waals surface area (Å²) in [7, 11) is 0. The lowest BCUT2D eigenvalue weighted by atomic mass is 10.1. The van der Waals surface area contributed by atoms with Crippen molar-refractivity contribution in [1.29, 1.82) is 0 Å². The van der Waals surface area contributed by atoms with E-state index in [2.05, 4.69) is 4.98 Å². The number of nitrogens with zero attached hydrogens (tertiary/aromatic N) is 1. The van der Waals surface area contributed by atoms with E-state index in [1.165, 1.54) is 0 Å². The van der Waals surface area contributed by atoms with Gasteiger partial charge in [-0.3, -0.25) is 9.78 Å². The molecule has 0 saturated carbocycles. The third kappa shape index (κ3) is 1.40. The third-order valence-electron chi connectivity index (χ3n) is 1.86. The zero-order valence-electron chi connectivity index (χ0n) is 6.70. The van der Waals surface area contributed by atoms with Gasteiger partial charge in [0.2, 0.25) is 0 Å². The molecule has 1 aromatic carbocycles. The first-order valence-corrected chi connectivity index (χ1v) is 4.20. The Labute approximate surface area is 80.2 Å². The Morgan fingerprint density at radius 1 is 1.23 bits per heavy atom. The third-order valence-corrected chi connectivity index (χ3v) is 2.06. The molecule has 0 spiro atoms. The fourth-order valence-corrected chi connectivity index (χ4v) is 1.43. The van der Waals surface area contributed by atoms with Gasteiger partial charge >= 0.3 is 0 Å². The number of pyridine rings is 1. The van der Waals surface area contributed by atoms with Crippen LogP contribution in [-0.2, 0) is 0 Å². The number of hydrogen-bond acceptors (Lipinski definition) is 2. The van der Waals surface area contributed by atoms with Crippen molar-refractivity contribution in [2.45, 2.75) is 0 Å². The number of hydrogen-bond donors (Lipinski definition) is 0. The predicted molar refractivity (Wildman–Crippen MR) is 51.9 cm³/mol. The first-order valence-electron chi connectivity index (χ1n) is 3.82. The number of para-hydroxylation sites is 1. The molecule has 2 aromatic rings. The normalized spacial score (nSPS) is 10.2. The van der Waals surface area contributed by atoms with Crippen LogP contribution in [0.25, 0.3) is 10.9 Å². The zero-order valence-corrected chi connectivity index (χ0v) is 7.45. The Morgan fingerprint density at radius 2 is 2.00 bits per heavy atom. The maximum atomic E-state index is 11.0. The minimum atomic E-state index is -0.446. The van der Waals surface area contributed by atoms with Crippen molar-refractivity contribution in [2.24, 2.45) is 0 Å². The molecular weight excluding hydrogens is 186 g/mol. The van der Waals surface area contributed by atoms with Crippen molar-refractivity contribution in [2.75, 3.05) is 0 Å². The average Bonchev–Trinajstić information content (AvgIpc) is 2.17. The van der Waals surface area contributed by atoms with Gasteiger partial charge in [-0.2, -0.15) is 0 Å². The smallest absolute Gasteiger partial charge is 0.253 e. The molecule has 0 fully saturated rings. The van der Waals surface area contributed by atoms with E-state index in [4.69, 9.17) is 11.6 Å². The summed E-state index contributed by atoms with van der Waals surface area (Å²) in [4.78, 5) is 15.1. The molecule has 2 rings (SSSR count). The average molecular weight is 192 g/mol. The van der Waals surface area contributed by atoms with Crippen LogP contribution < -0.4 is 0 Å². The topological polar surface area (TPSA) is 30.0 Å². The summed E-state index contributed by atoms with van der Waals surface area (Å²) in [5.41, 5.74) is 1.29. The molecule has 1 heterocycles. The van der Waals surface area contributed by atoms with Gasteiger partial charge in [-0.15, -0.1) is 0 Å². The Morgan fingerprint density at radius 3 is 2.77 bits per heavy atom. The summed E-state index contributed by atoms with van der Waals surface area (Å²) in [5, 5.41) is 0.351. The summed E-state index contributed by atoms with van der Waals surface area (Å²) in [5.74, 6) is 0. The predicted octanol–water partition coefficient (Wildman–Crippen LogP) is 2.61. The fourth-order valence-electron chi connectivity index (χ4n) is 1.27.